The van der Waals surface area contributed by atoms with Crippen molar-refractivity contribution in [2.24, 2.45) is 0 Å². The molecule has 2 rings (SSSR count). The van der Waals surface area contributed by atoms with Crippen LogP contribution in [0.4, 0.5) is 11.4 Å². The number of sulfonamides is 1. The molecule has 1 amide bonds. The van der Waals surface area contributed by atoms with Gasteiger partial charge in [0.1, 0.15) is 0 Å². The van der Waals surface area contributed by atoms with Crippen molar-refractivity contribution in [1.29, 1.82) is 0 Å². The Labute approximate surface area is 164 Å². The molecule has 0 aliphatic heterocycles. The largest absolute Gasteiger partial charge is 0.321 e. The molecule has 0 bridgehead atoms. The van der Waals surface area contributed by atoms with Crippen molar-refractivity contribution in [1.82, 2.24) is 4.31 Å². The molecule has 0 fully saturated rings. The van der Waals surface area contributed by atoms with Crippen LogP contribution in [-0.2, 0) is 10.0 Å². The van der Waals surface area contributed by atoms with Crippen molar-refractivity contribution in [3.63, 3.8) is 0 Å². The van der Waals surface area contributed by atoms with Gasteiger partial charge in [0, 0.05) is 30.8 Å². The fourth-order valence-corrected chi connectivity index (χ4v) is 4.25. The average Bonchev–Trinajstić information content (AvgIpc) is 2.64. The fraction of sp³-hybridized carbons (Fsp3) is 0.316. The van der Waals surface area contributed by atoms with Crippen molar-refractivity contribution in [2.45, 2.75) is 32.6 Å². The van der Waals surface area contributed by atoms with Crippen LogP contribution in [0, 0.1) is 24.0 Å². The second-order valence-corrected chi connectivity index (χ2v) is 8.21. The van der Waals surface area contributed by atoms with E-state index in [9.17, 15) is 23.3 Å². The fourth-order valence-electron chi connectivity index (χ4n) is 2.77. The lowest BCUT2D eigenvalue weighted by Crippen LogP contribution is -2.30. The van der Waals surface area contributed by atoms with Crippen LogP contribution in [0.2, 0.25) is 0 Å². The summed E-state index contributed by atoms with van der Waals surface area (Å²) in [6.07, 6.45) is 0. The number of aryl methyl sites for hydroxylation is 2. The third kappa shape index (κ3) is 4.37. The molecule has 0 saturated heterocycles. The number of nitrogens with one attached hydrogen (secondary N) is 1. The van der Waals surface area contributed by atoms with Gasteiger partial charge in [0.2, 0.25) is 10.0 Å². The number of nitro groups is 1. The maximum Gasteiger partial charge on any atom is 0.271 e. The first-order valence-corrected chi connectivity index (χ1v) is 10.2. The molecule has 2 aromatic carbocycles. The van der Waals surface area contributed by atoms with E-state index >= 15 is 0 Å². The first-order valence-electron chi connectivity index (χ1n) is 8.79. The second kappa shape index (κ2) is 8.49. The first kappa shape index (κ1) is 21.5. The molecule has 0 spiro atoms. The molecule has 2 aromatic rings. The summed E-state index contributed by atoms with van der Waals surface area (Å²) in [6, 6.07) is 8.56. The van der Waals surface area contributed by atoms with E-state index in [4.69, 9.17) is 0 Å². The van der Waals surface area contributed by atoms with E-state index in [0.717, 1.165) is 0 Å². The lowest BCUT2D eigenvalue weighted by molar-refractivity contribution is -0.384. The van der Waals surface area contributed by atoms with E-state index < -0.39 is 20.9 Å². The van der Waals surface area contributed by atoms with Gasteiger partial charge in [0.05, 0.1) is 15.5 Å². The molecule has 0 aliphatic rings. The Morgan fingerprint density at radius 1 is 1.07 bits per heavy atom. The molecule has 0 saturated carbocycles. The number of nitro benzene ring substituents is 1. The maximum absolute atomic E-state index is 12.8. The second-order valence-electron chi connectivity index (χ2n) is 6.28. The molecular weight excluding hydrogens is 382 g/mol. The minimum Gasteiger partial charge on any atom is -0.321 e. The Morgan fingerprint density at radius 2 is 1.68 bits per heavy atom. The Hall–Kier alpha value is -2.78. The zero-order chi connectivity index (χ0) is 21.1. The zero-order valence-electron chi connectivity index (χ0n) is 16.2. The van der Waals surface area contributed by atoms with Crippen LogP contribution in [0.25, 0.3) is 0 Å². The molecular formula is C19H23N3O5S. The quantitative estimate of drug-likeness (QED) is 0.560. The number of rotatable bonds is 7. The molecule has 28 heavy (non-hydrogen) atoms. The maximum atomic E-state index is 12.8. The van der Waals surface area contributed by atoms with Crippen molar-refractivity contribution in [3.05, 3.63) is 63.2 Å². The summed E-state index contributed by atoms with van der Waals surface area (Å²) in [5, 5.41) is 13.6. The predicted octanol–water partition coefficient (Wildman–Crippen LogP) is 3.49. The molecule has 0 aromatic heterocycles. The predicted molar refractivity (Wildman–Crippen MR) is 107 cm³/mol. The van der Waals surface area contributed by atoms with Crippen molar-refractivity contribution in [2.75, 3.05) is 18.4 Å². The Kier molecular flexibility index (Phi) is 6.52. The number of non-ortho nitro benzene ring substituents is 1. The van der Waals surface area contributed by atoms with E-state index in [0.29, 0.717) is 29.9 Å². The van der Waals surface area contributed by atoms with Crippen LogP contribution in [0.3, 0.4) is 0 Å². The summed E-state index contributed by atoms with van der Waals surface area (Å²) < 4.78 is 26.8. The molecule has 8 nitrogen and oxygen atoms in total. The zero-order valence-corrected chi connectivity index (χ0v) is 17.0. The van der Waals surface area contributed by atoms with E-state index in [1.165, 1.54) is 28.6 Å². The van der Waals surface area contributed by atoms with Gasteiger partial charge in [0.15, 0.2) is 0 Å². The van der Waals surface area contributed by atoms with E-state index in [1.54, 1.807) is 39.8 Å². The van der Waals surface area contributed by atoms with Gasteiger partial charge in [-0.3, -0.25) is 14.9 Å². The van der Waals surface area contributed by atoms with Crippen LogP contribution in [-0.4, -0.2) is 36.6 Å². The van der Waals surface area contributed by atoms with Gasteiger partial charge in [-0.1, -0.05) is 26.0 Å². The van der Waals surface area contributed by atoms with Crippen LogP contribution in [0.15, 0.2) is 41.3 Å². The molecule has 150 valence electrons. The molecule has 0 heterocycles. The standard InChI is InChI=1S/C19H23N3O5S/c1-5-21(6-2)28(26,27)16-10-8-13(3)17(12-16)19(23)20-18-11-15(22(24)25)9-7-14(18)4/h7-12H,5-6H2,1-4H3,(H,20,23). The number of amides is 1. The van der Waals surface area contributed by atoms with Gasteiger partial charge in [-0.25, -0.2) is 8.42 Å². The highest BCUT2D eigenvalue weighted by Crippen LogP contribution is 2.24. The SMILES string of the molecule is CCN(CC)S(=O)(=O)c1ccc(C)c(C(=O)Nc2cc([N+](=O)[O-])ccc2C)c1. The summed E-state index contributed by atoms with van der Waals surface area (Å²) in [5.74, 6) is -0.530. The number of hydrogen-bond acceptors (Lipinski definition) is 5. The number of benzene rings is 2. The van der Waals surface area contributed by atoms with Crippen LogP contribution in [0.1, 0.15) is 35.3 Å². The minimum atomic E-state index is -3.71. The number of carbonyl (C=O) groups is 1. The van der Waals surface area contributed by atoms with Crippen molar-refractivity contribution in [3.8, 4) is 0 Å². The van der Waals surface area contributed by atoms with Crippen LogP contribution < -0.4 is 5.32 Å². The summed E-state index contributed by atoms with van der Waals surface area (Å²) in [7, 11) is -3.71. The number of hydrogen-bond donors (Lipinski definition) is 1. The molecule has 0 aliphatic carbocycles. The molecule has 0 radical (unpaired) electrons. The highest BCUT2D eigenvalue weighted by molar-refractivity contribution is 7.89. The van der Waals surface area contributed by atoms with E-state index in [1.807, 2.05) is 0 Å². The van der Waals surface area contributed by atoms with Gasteiger partial charge in [-0.05, 0) is 37.1 Å². The summed E-state index contributed by atoms with van der Waals surface area (Å²) in [5.41, 5.74) is 1.60. The summed E-state index contributed by atoms with van der Waals surface area (Å²) >= 11 is 0. The minimum absolute atomic E-state index is 0.0303. The van der Waals surface area contributed by atoms with E-state index in [2.05, 4.69) is 5.32 Å². The Bertz CT molecular complexity index is 1010. The highest BCUT2D eigenvalue weighted by atomic mass is 32.2. The lowest BCUT2D eigenvalue weighted by atomic mass is 10.1. The van der Waals surface area contributed by atoms with Gasteiger partial charge < -0.3 is 5.32 Å². The monoisotopic (exact) mass is 405 g/mol. The summed E-state index contributed by atoms with van der Waals surface area (Å²) in [4.78, 5) is 23.2. The summed E-state index contributed by atoms with van der Waals surface area (Å²) in [6.45, 7) is 7.54. The number of anilines is 1. The van der Waals surface area contributed by atoms with E-state index in [-0.39, 0.29) is 16.1 Å². The number of nitrogens with zero attached hydrogens (tertiary/aromatic N) is 2. The third-order valence-electron chi connectivity index (χ3n) is 4.48. The van der Waals surface area contributed by atoms with Gasteiger partial charge in [-0.15, -0.1) is 0 Å². The third-order valence-corrected chi connectivity index (χ3v) is 6.52. The first-order chi connectivity index (χ1) is 13.1. The highest BCUT2D eigenvalue weighted by Gasteiger charge is 2.23. The topological polar surface area (TPSA) is 110 Å². The average molecular weight is 405 g/mol. The molecule has 0 unspecified atom stereocenters. The number of carbonyl (C=O) groups excluding carboxylic acids is 1. The van der Waals surface area contributed by atoms with Crippen molar-refractivity contribution >= 4 is 27.3 Å². The van der Waals surface area contributed by atoms with Gasteiger partial charge in [0.25, 0.3) is 11.6 Å². The molecule has 0 atom stereocenters. The smallest absolute Gasteiger partial charge is 0.271 e. The normalized spacial score (nSPS) is 11.5. The Morgan fingerprint density at radius 3 is 2.25 bits per heavy atom. The Balaban J connectivity index is 2.42. The van der Waals surface area contributed by atoms with Crippen LogP contribution >= 0.6 is 0 Å². The van der Waals surface area contributed by atoms with Gasteiger partial charge in [-0.2, -0.15) is 4.31 Å². The van der Waals surface area contributed by atoms with Gasteiger partial charge >= 0.3 is 0 Å². The van der Waals surface area contributed by atoms with Crippen LogP contribution in [0.5, 0.6) is 0 Å². The lowest BCUT2D eigenvalue weighted by Gasteiger charge is -2.19. The molecule has 9 heteroatoms. The molecule has 1 N–H and O–H groups in total. The van der Waals surface area contributed by atoms with Crippen molar-refractivity contribution < 1.29 is 18.1 Å².